The maximum absolute atomic E-state index is 6.13. The van der Waals surface area contributed by atoms with Crippen molar-refractivity contribution in [2.24, 2.45) is 0 Å². The number of para-hydroxylation sites is 1. The van der Waals surface area contributed by atoms with Crippen LogP contribution in [0.3, 0.4) is 0 Å². The number of ether oxygens (including phenoxy) is 1. The monoisotopic (exact) mass is 280 g/mol. The van der Waals surface area contributed by atoms with E-state index in [-0.39, 0.29) is 5.38 Å². The standard InChI is InChI=1S/C14H17ClN2O2/c1-2-6-12(15)14-16-13(19-17-14)9-10-18-11-7-4-3-5-8-11/h3-5,7-8,12H,2,6,9-10H2,1H3. The molecule has 0 saturated heterocycles. The lowest BCUT2D eigenvalue weighted by Gasteiger charge is -2.03. The van der Waals surface area contributed by atoms with Crippen LogP contribution < -0.4 is 4.74 Å². The lowest BCUT2D eigenvalue weighted by molar-refractivity contribution is 0.292. The van der Waals surface area contributed by atoms with E-state index in [2.05, 4.69) is 17.1 Å². The fraction of sp³-hybridized carbons (Fsp3) is 0.429. The second kappa shape index (κ2) is 7.14. The second-order valence-electron chi connectivity index (χ2n) is 4.21. The number of hydrogen-bond acceptors (Lipinski definition) is 4. The lowest BCUT2D eigenvalue weighted by Crippen LogP contribution is -2.01. The minimum Gasteiger partial charge on any atom is -0.493 e. The minimum atomic E-state index is -0.169. The molecular weight excluding hydrogens is 264 g/mol. The van der Waals surface area contributed by atoms with Gasteiger partial charge in [0.1, 0.15) is 5.75 Å². The van der Waals surface area contributed by atoms with Crippen molar-refractivity contribution in [2.45, 2.75) is 31.6 Å². The topological polar surface area (TPSA) is 48.2 Å². The molecule has 0 fully saturated rings. The van der Waals surface area contributed by atoms with Crippen molar-refractivity contribution in [3.05, 3.63) is 42.0 Å². The largest absolute Gasteiger partial charge is 0.493 e. The molecule has 0 aliphatic rings. The van der Waals surface area contributed by atoms with Crippen molar-refractivity contribution in [3.8, 4) is 5.75 Å². The zero-order valence-electron chi connectivity index (χ0n) is 10.9. The quantitative estimate of drug-likeness (QED) is 0.724. The highest BCUT2D eigenvalue weighted by molar-refractivity contribution is 6.20. The van der Waals surface area contributed by atoms with Gasteiger partial charge in [-0.3, -0.25) is 0 Å². The number of nitrogens with zero attached hydrogens (tertiary/aromatic N) is 2. The number of benzene rings is 1. The number of rotatable bonds is 7. The molecule has 0 radical (unpaired) electrons. The highest BCUT2D eigenvalue weighted by Gasteiger charge is 2.14. The van der Waals surface area contributed by atoms with Gasteiger partial charge in [-0.05, 0) is 18.6 Å². The highest BCUT2D eigenvalue weighted by Crippen LogP contribution is 2.22. The summed E-state index contributed by atoms with van der Waals surface area (Å²) in [4.78, 5) is 4.27. The van der Waals surface area contributed by atoms with Gasteiger partial charge < -0.3 is 9.26 Å². The first-order valence-corrected chi connectivity index (χ1v) is 6.87. The van der Waals surface area contributed by atoms with E-state index < -0.39 is 0 Å². The van der Waals surface area contributed by atoms with E-state index in [0.29, 0.717) is 24.7 Å². The molecule has 0 bridgehead atoms. The number of alkyl halides is 1. The summed E-state index contributed by atoms with van der Waals surface area (Å²) < 4.78 is 10.7. The molecule has 4 nitrogen and oxygen atoms in total. The SMILES string of the molecule is CCCC(Cl)c1noc(CCOc2ccccc2)n1. The minimum absolute atomic E-state index is 0.169. The van der Waals surface area contributed by atoms with Crippen LogP contribution in [0.15, 0.2) is 34.9 Å². The van der Waals surface area contributed by atoms with E-state index in [1.807, 2.05) is 30.3 Å². The summed E-state index contributed by atoms with van der Waals surface area (Å²) in [6.45, 7) is 2.58. The Balaban J connectivity index is 1.80. The van der Waals surface area contributed by atoms with E-state index in [4.69, 9.17) is 20.9 Å². The van der Waals surface area contributed by atoms with Gasteiger partial charge in [-0.25, -0.2) is 0 Å². The molecule has 5 heteroatoms. The smallest absolute Gasteiger partial charge is 0.230 e. The molecule has 0 spiro atoms. The number of halogens is 1. The Morgan fingerprint density at radius 2 is 2.11 bits per heavy atom. The van der Waals surface area contributed by atoms with E-state index in [9.17, 15) is 0 Å². The Kier molecular flexibility index (Phi) is 5.21. The first kappa shape index (κ1) is 13.9. The summed E-state index contributed by atoms with van der Waals surface area (Å²) in [5.74, 6) is 1.97. The summed E-state index contributed by atoms with van der Waals surface area (Å²) in [5, 5.41) is 3.72. The summed E-state index contributed by atoms with van der Waals surface area (Å²) in [7, 11) is 0. The molecule has 0 aliphatic heterocycles. The first-order valence-electron chi connectivity index (χ1n) is 6.44. The van der Waals surface area contributed by atoms with Crippen LogP contribution in [0.2, 0.25) is 0 Å². The van der Waals surface area contributed by atoms with Crippen LogP contribution in [-0.2, 0) is 6.42 Å². The van der Waals surface area contributed by atoms with E-state index in [1.165, 1.54) is 0 Å². The molecule has 1 heterocycles. The van der Waals surface area contributed by atoms with E-state index >= 15 is 0 Å². The van der Waals surface area contributed by atoms with Gasteiger partial charge in [0.05, 0.1) is 18.4 Å². The predicted octanol–water partition coefficient (Wildman–Crippen LogP) is 3.77. The average Bonchev–Trinajstić information content (AvgIpc) is 2.89. The third-order valence-electron chi connectivity index (χ3n) is 2.63. The predicted molar refractivity (Wildman–Crippen MR) is 73.4 cm³/mol. The Bertz CT molecular complexity index is 487. The zero-order valence-corrected chi connectivity index (χ0v) is 11.6. The maximum Gasteiger partial charge on any atom is 0.230 e. The molecule has 1 aromatic heterocycles. The van der Waals surface area contributed by atoms with Gasteiger partial charge in [-0.1, -0.05) is 36.7 Å². The number of aromatic nitrogens is 2. The van der Waals surface area contributed by atoms with Crippen molar-refractivity contribution < 1.29 is 9.26 Å². The van der Waals surface area contributed by atoms with Crippen LogP contribution >= 0.6 is 11.6 Å². The molecule has 0 amide bonds. The van der Waals surface area contributed by atoms with E-state index in [0.717, 1.165) is 18.6 Å². The summed E-state index contributed by atoms with van der Waals surface area (Å²) in [5.41, 5.74) is 0. The summed E-state index contributed by atoms with van der Waals surface area (Å²) in [6.07, 6.45) is 2.42. The van der Waals surface area contributed by atoms with Gasteiger partial charge >= 0.3 is 0 Å². The number of hydrogen-bond donors (Lipinski definition) is 0. The highest BCUT2D eigenvalue weighted by atomic mass is 35.5. The Morgan fingerprint density at radius 1 is 1.32 bits per heavy atom. The van der Waals surface area contributed by atoms with Crippen LogP contribution in [0.4, 0.5) is 0 Å². The van der Waals surface area contributed by atoms with Crippen molar-refractivity contribution >= 4 is 11.6 Å². The van der Waals surface area contributed by atoms with Gasteiger partial charge in [0.25, 0.3) is 0 Å². The summed E-state index contributed by atoms with van der Waals surface area (Å²) >= 11 is 6.13. The molecule has 1 aromatic carbocycles. The average molecular weight is 281 g/mol. The van der Waals surface area contributed by atoms with Gasteiger partial charge in [0.15, 0.2) is 5.82 Å². The molecule has 0 N–H and O–H groups in total. The Hall–Kier alpha value is -1.55. The maximum atomic E-state index is 6.13. The fourth-order valence-corrected chi connectivity index (χ4v) is 1.96. The lowest BCUT2D eigenvalue weighted by atomic mass is 10.2. The van der Waals surface area contributed by atoms with Crippen LogP contribution in [0.25, 0.3) is 0 Å². The van der Waals surface area contributed by atoms with Crippen molar-refractivity contribution in [2.75, 3.05) is 6.61 Å². The molecular formula is C14H17ClN2O2. The molecule has 0 aliphatic carbocycles. The second-order valence-corrected chi connectivity index (χ2v) is 4.74. The molecule has 102 valence electrons. The third-order valence-corrected chi connectivity index (χ3v) is 3.05. The van der Waals surface area contributed by atoms with Crippen molar-refractivity contribution in [1.29, 1.82) is 0 Å². The van der Waals surface area contributed by atoms with E-state index in [1.54, 1.807) is 0 Å². The van der Waals surface area contributed by atoms with Crippen LogP contribution in [0, 0.1) is 0 Å². The zero-order chi connectivity index (χ0) is 13.5. The normalized spacial score (nSPS) is 12.3. The molecule has 2 aromatic rings. The van der Waals surface area contributed by atoms with Crippen LogP contribution in [-0.4, -0.2) is 16.7 Å². The molecule has 19 heavy (non-hydrogen) atoms. The van der Waals surface area contributed by atoms with Crippen LogP contribution in [0.5, 0.6) is 5.75 Å². The van der Waals surface area contributed by atoms with Gasteiger partial charge in [0, 0.05) is 0 Å². The third kappa shape index (κ3) is 4.24. The Morgan fingerprint density at radius 3 is 2.84 bits per heavy atom. The Labute approximate surface area is 117 Å². The van der Waals surface area contributed by atoms with Crippen molar-refractivity contribution in [1.82, 2.24) is 10.1 Å². The fourth-order valence-electron chi connectivity index (χ4n) is 1.65. The van der Waals surface area contributed by atoms with Crippen LogP contribution in [0.1, 0.15) is 36.9 Å². The van der Waals surface area contributed by atoms with Gasteiger partial charge in [0.2, 0.25) is 5.89 Å². The van der Waals surface area contributed by atoms with Gasteiger partial charge in [-0.15, -0.1) is 11.6 Å². The molecule has 1 atom stereocenters. The molecule has 1 unspecified atom stereocenters. The summed E-state index contributed by atoms with van der Waals surface area (Å²) in [6, 6.07) is 9.64. The first-order chi connectivity index (χ1) is 9.29. The molecule has 0 saturated carbocycles. The molecule has 2 rings (SSSR count). The van der Waals surface area contributed by atoms with Crippen molar-refractivity contribution in [3.63, 3.8) is 0 Å². The van der Waals surface area contributed by atoms with Gasteiger partial charge in [-0.2, -0.15) is 4.98 Å².